The number of aliphatic hydroxyl groups excluding tert-OH is 1. The maximum absolute atomic E-state index is 13.0. The van der Waals surface area contributed by atoms with Crippen molar-refractivity contribution in [2.24, 2.45) is 5.92 Å². The summed E-state index contributed by atoms with van der Waals surface area (Å²) in [5, 5.41) is 21.4. The number of nitrogens with zero attached hydrogens (tertiary/aromatic N) is 1. The van der Waals surface area contributed by atoms with Crippen molar-refractivity contribution in [3.8, 4) is 6.07 Å². The monoisotopic (exact) mass is 280 g/mol. The molecule has 1 aromatic carbocycles. The van der Waals surface area contributed by atoms with Crippen LogP contribution >= 0.6 is 12.2 Å². The molecule has 98 valence electrons. The van der Waals surface area contributed by atoms with Gasteiger partial charge in [-0.15, -0.1) is 0 Å². The molecule has 1 aliphatic rings. The van der Waals surface area contributed by atoms with E-state index in [1.165, 1.54) is 6.07 Å². The van der Waals surface area contributed by atoms with Crippen molar-refractivity contribution in [1.82, 2.24) is 0 Å². The number of rotatable bonds is 3. The summed E-state index contributed by atoms with van der Waals surface area (Å²) in [5.41, 5.74) is 0.197. The molecule has 0 bridgehead atoms. The number of nitrogens with one attached hydrogen (secondary N) is 1. The van der Waals surface area contributed by atoms with E-state index in [9.17, 15) is 13.9 Å². The summed E-state index contributed by atoms with van der Waals surface area (Å²) in [6.45, 7) is 0. The largest absolute Gasteiger partial charge is 0.511 e. The van der Waals surface area contributed by atoms with Crippen molar-refractivity contribution in [2.75, 3.05) is 5.32 Å². The van der Waals surface area contributed by atoms with Crippen LogP contribution in [0.3, 0.4) is 0 Å². The molecule has 0 atom stereocenters. The van der Waals surface area contributed by atoms with Crippen molar-refractivity contribution in [3.63, 3.8) is 0 Å². The molecular formula is C13H10F2N2OS. The Hall–Kier alpha value is -2.00. The van der Waals surface area contributed by atoms with E-state index >= 15 is 0 Å². The highest BCUT2D eigenvalue weighted by molar-refractivity contribution is 7.81. The second-order valence-electron chi connectivity index (χ2n) is 4.23. The van der Waals surface area contributed by atoms with E-state index in [2.05, 4.69) is 5.32 Å². The van der Waals surface area contributed by atoms with Gasteiger partial charge in [-0.05, 0) is 25.0 Å². The maximum atomic E-state index is 13.0. The topological polar surface area (TPSA) is 56.0 Å². The third kappa shape index (κ3) is 3.06. The van der Waals surface area contributed by atoms with Gasteiger partial charge in [0.2, 0.25) is 0 Å². The van der Waals surface area contributed by atoms with Crippen molar-refractivity contribution in [1.29, 1.82) is 5.26 Å². The van der Waals surface area contributed by atoms with Crippen LogP contribution in [0.5, 0.6) is 0 Å². The predicted molar refractivity (Wildman–Crippen MR) is 70.6 cm³/mol. The van der Waals surface area contributed by atoms with Gasteiger partial charge >= 0.3 is 0 Å². The number of allylic oxidation sites excluding steroid dienone is 1. The average molecular weight is 280 g/mol. The van der Waals surface area contributed by atoms with E-state index in [-0.39, 0.29) is 27.9 Å². The highest BCUT2D eigenvalue weighted by atomic mass is 32.1. The molecule has 0 unspecified atom stereocenters. The van der Waals surface area contributed by atoms with Crippen molar-refractivity contribution < 1.29 is 13.9 Å². The third-order valence-electron chi connectivity index (χ3n) is 2.74. The molecule has 19 heavy (non-hydrogen) atoms. The number of hydrogen-bond donors (Lipinski definition) is 2. The Kier molecular flexibility index (Phi) is 3.76. The van der Waals surface area contributed by atoms with Gasteiger partial charge in [0.15, 0.2) is 11.6 Å². The lowest BCUT2D eigenvalue weighted by Crippen LogP contribution is -2.14. The molecule has 0 radical (unpaired) electrons. The van der Waals surface area contributed by atoms with Crippen LogP contribution in [-0.4, -0.2) is 10.1 Å². The van der Waals surface area contributed by atoms with E-state index in [0.717, 1.165) is 25.0 Å². The molecular weight excluding hydrogens is 270 g/mol. The maximum Gasteiger partial charge on any atom is 0.160 e. The first-order valence-corrected chi connectivity index (χ1v) is 6.03. The van der Waals surface area contributed by atoms with E-state index in [0.29, 0.717) is 0 Å². The van der Waals surface area contributed by atoms with Crippen LogP contribution in [0, 0.1) is 28.9 Å². The lowest BCUT2D eigenvalue weighted by molar-refractivity contribution is 0.377. The van der Waals surface area contributed by atoms with Gasteiger partial charge in [0, 0.05) is 17.7 Å². The summed E-state index contributed by atoms with van der Waals surface area (Å²) in [5.74, 6) is -2.03. The number of nitriles is 1. The summed E-state index contributed by atoms with van der Waals surface area (Å²) in [6.07, 6.45) is 1.65. The Morgan fingerprint density at radius 2 is 2.05 bits per heavy atom. The van der Waals surface area contributed by atoms with Gasteiger partial charge < -0.3 is 10.4 Å². The lowest BCUT2D eigenvalue weighted by Gasteiger charge is -2.08. The fourth-order valence-electron chi connectivity index (χ4n) is 1.55. The number of hydrogen-bond acceptors (Lipinski definition) is 3. The summed E-state index contributed by atoms with van der Waals surface area (Å²) in [6, 6.07) is 5.02. The first-order chi connectivity index (χ1) is 9.02. The van der Waals surface area contributed by atoms with Gasteiger partial charge in [0.1, 0.15) is 22.4 Å². The number of aliphatic hydroxyl groups is 1. The number of anilines is 1. The Morgan fingerprint density at radius 3 is 2.58 bits per heavy atom. The van der Waals surface area contributed by atoms with Crippen LogP contribution in [-0.2, 0) is 0 Å². The minimum atomic E-state index is -1.01. The second kappa shape index (κ2) is 5.33. The molecule has 2 rings (SSSR count). The van der Waals surface area contributed by atoms with Crippen molar-refractivity contribution >= 4 is 22.9 Å². The van der Waals surface area contributed by atoms with Crippen LogP contribution in [0.1, 0.15) is 12.8 Å². The van der Waals surface area contributed by atoms with Crippen molar-refractivity contribution in [2.45, 2.75) is 12.8 Å². The summed E-state index contributed by atoms with van der Waals surface area (Å²) < 4.78 is 25.8. The second-order valence-corrected chi connectivity index (χ2v) is 4.64. The van der Waals surface area contributed by atoms with Crippen LogP contribution in [0.2, 0.25) is 0 Å². The molecule has 1 aromatic rings. The molecule has 0 aromatic heterocycles. The fraction of sp³-hybridized carbons (Fsp3) is 0.231. The number of halogens is 2. The molecule has 0 amide bonds. The summed E-state index contributed by atoms with van der Waals surface area (Å²) in [4.78, 5) is -0.00194. The lowest BCUT2D eigenvalue weighted by atomic mass is 10.2. The standard InChI is InChI=1S/C13H10F2N2OS/c14-10-4-3-8(5-11(10)15)17-13(19)9(6-16)12(18)7-1-2-7/h3-5,7,18H,1-2H2,(H,17,19). The zero-order valence-electron chi connectivity index (χ0n) is 9.78. The van der Waals surface area contributed by atoms with Gasteiger partial charge in [-0.2, -0.15) is 5.26 Å². The van der Waals surface area contributed by atoms with Crippen LogP contribution in [0.15, 0.2) is 29.5 Å². The Bertz CT molecular complexity index is 603. The smallest absolute Gasteiger partial charge is 0.160 e. The highest BCUT2D eigenvalue weighted by Crippen LogP contribution is 2.36. The van der Waals surface area contributed by atoms with Crippen LogP contribution in [0.25, 0.3) is 0 Å². The quantitative estimate of drug-likeness (QED) is 0.385. The van der Waals surface area contributed by atoms with Gasteiger partial charge in [0.05, 0.1) is 0 Å². The molecule has 1 fully saturated rings. The van der Waals surface area contributed by atoms with E-state index < -0.39 is 11.6 Å². The van der Waals surface area contributed by atoms with E-state index in [4.69, 9.17) is 17.5 Å². The molecule has 3 nitrogen and oxygen atoms in total. The molecule has 0 heterocycles. The summed E-state index contributed by atoms with van der Waals surface area (Å²) in [7, 11) is 0. The van der Waals surface area contributed by atoms with E-state index in [1.54, 1.807) is 0 Å². The molecule has 2 N–H and O–H groups in total. The van der Waals surface area contributed by atoms with Gasteiger partial charge in [0.25, 0.3) is 0 Å². The van der Waals surface area contributed by atoms with Gasteiger partial charge in [-0.1, -0.05) is 12.2 Å². The number of thiocarbonyl (C=S) groups is 1. The van der Waals surface area contributed by atoms with Gasteiger partial charge in [-0.3, -0.25) is 0 Å². The molecule has 0 aliphatic heterocycles. The minimum absolute atomic E-state index is 0.00194. The summed E-state index contributed by atoms with van der Waals surface area (Å²) >= 11 is 4.99. The molecule has 1 saturated carbocycles. The SMILES string of the molecule is N#CC(C(=S)Nc1ccc(F)c(F)c1)=C(O)C1CC1. The molecule has 1 aliphatic carbocycles. The fourth-order valence-corrected chi connectivity index (χ4v) is 1.82. The normalized spacial score (nSPS) is 15.4. The third-order valence-corrected chi connectivity index (χ3v) is 3.04. The van der Waals surface area contributed by atoms with Crippen molar-refractivity contribution in [3.05, 3.63) is 41.2 Å². The Labute approximate surface area is 114 Å². The average Bonchev–Trinajstić information content (AvgIpc) is 3.18. The number of benzene rings is 1. The molecule has 6 heteroatoms. The Balaban J connectivity index is 2.18. The first kappa shape index (κ1) is 13.4. The van der Waals surface area contributed by atoms with Crippen LogP contribution < -0.4 is 5.32 Å². The minimum Gasteiger partial charge on any atom is -0.511 e. The predicted octanol–water partition coefficient (Wildman–Crippen LogP) is 3.45. The van der Waals surface area contributed by atoms with Gasteiger partial charge in [-0.25, -0.2) is 8.78 Å². The zero-order chi connectivity index (χ0) is 14.0. The van der Waals surface area contributed by atoms with E-state index in [1.807, 2.05) is 6.07 Å². The zero-order valence-corrected chi connectivity index (χ0v) is 10.6. The Morgan fingerprint density at radius 1 is 1.37 bits per heavy atom. The first-order valence-electron chi connectivity index (χ1n) is 5.62. The van der Waals surface area contributed by atoms with Crippen LogP contribution in [0.4, 0.5) is 14.5 Å². The molecule has 0 spiro atoms. The highest BCUT2D eigenvalue weighted by Gasteiger charge is 2.29. The molecule has 0 saturated heterocycles.